The van der Waals surface area contributed by atoms with Gasteiger partial charge in [0.25, 0.3) is 0 Å². The molecule has 2 heterocycles. The maximum Gasteiger partial charge on any atom is 0.310 e. The Morgan fingerprint density at radius 1 is 1.29 bits per heavy atom. The fraction of sp³-hybridized carbons (Fsp3) is 0.900. The van der Waals surface area contributed by atoms with Crippen LogP contribution in [0.3, 0.4) is 0 Å². The Labute approximate surface area is 84.4 Å². The van der Waals surface area contributed by atoms with E-state index in [1.165, 1.54) is 0 Å². The molecule has 0 amide bonds. The van der Waals surface area contributed by atoms with Crippen LogP contribution in [0.15, 0.2) is 0 Å². The number of fused-ring (bicyclic) bond motifs is 1. The first-order chi connectivity index (χ1) is 6.83. The first-order valence-corrected chi connectivity index (χ1v) is 5.41. The summed E-state index contributed by atoms with van der Waals surface area (Å²) in [6.07, 6.45) is 0. The van der Waals surface area contributed by atoms with Gasteiger partial charge in [0.05, 0.1) is 12.5 Å². The smallest absolute Gasteiger partial charge is 0.310 e. The predicted molar refractivity (Wildman–Crippen MR) is 52.8 cm³/mol. The van der Waals surface area contributed by atoms with Crippen molar-refractivity contribution < 1.29 is 9.53 Å². The average molecular weight is 198 g/mol. The van der Waals surface area contributed by atoms with Crippen LogP contribution in [0.25, 0.3) is 0 Å². The van der Waals surface area contributed by atoms with Gasteiger partial charge in [-0.25, -0.2) is 0 Å². The summed E-state index contributed by atoms with van der Waals surface area (Å²) in [6.45, 7) is 6.16. The van der Waals surface area contributed by atoms with E-state index in [9.17, 15) is 4.79 Å². The summed E-state index contributed by atoms with van der Waals surface area (Å²) in [5.74, 6) is 1.12. The van der Waals surface area contributed by atoms with Crippen LogP contribution in [-0.4, -0.2) is 38.8 Å². The molecule has 2 fully saturated rings. The van der Waals surface area contributed by atoms with Crippen LogP contribution in [0.5, 0.6) is 0 Å². The highest BCUT2D eigenvalue weighted by Gasteiger charge is 2.40. The van der Waals surface area contributed by atoms with Crippen molar-refractivity contribution in [2.45, 2.75) is 6.92 Å². The van der Waals surface area contributed by atoms with Crippen LogP contribution in [0, 0.1) is 17.8 Å². The quantitative estimate of drug-likeness (QED) is 0.593. The lowest BCUT2D eigenvalue weighted by Crippen LogP contribution is -2.46. The minimum atomic E-state index is -0.0293. The Balaban J connectivity index is 1.99. The summed E-state index contributed by atoms with van der Waals surface area (Å²) in [6, 6.07) is 0. The fourth-order valence-corrected chi connectivity index (χ4v) is 2.53. The molecule has 0 saturated carbocycles. The molecule has 3 atom stereocenters. The molecule has 4 nitrogen and oxygen atoms in total. The average Bonchev–Trinajstić information content (AvgIpc) is 2.65. The number of hydrogen-bond donors (Lipinski definition) is 2. The summed E-state index contributed by atoms with van der Waals surface area (Å²) >= 11 is 0. The summed E-state index contributed by atoms with van der Waals surface area (Å²) in [4.78, 5) is 11.7. The van der Waals surface area contributed by atoms with Crippen LogP contribution in [0.1, 0.15) is 6.92 Å². The maximum absolute atomic E-state index is 11.7. The Morgan fingerprint density at radius 2 is 2.00 bits per heavy atom. The van der Waals surface area contributed by atoms with Crippen molar-refractivity contribution >= 4 is 5.97 Å². The van der Waals surface area contributed by atoms with E-state index >= 15 is 0 Å². The molecule has 2 saturated heterocycles. The zero-order valence-corrected chi connectivity index (χ0v) is 8.58. The first kappa shape index (κ1) is 9.93. The Bertz CT molecular complexity index is 220. The largest absolute Gasteiger partial charge is 0.466 e. The van der Waals surface area contributed by atoms with E-state index in [1.54, 1.807) is 0 Å². The number of carbonyl (C=O) groups excluding carboxylic acids is 1. The molecule has 3 unspecified atom stereocenters. The summed E-state index contributed by atoms with van der Waals surface area (Å²) in [5, 5.41) is 6.65. The van der Waals surface area contributed by atoms with Gasteiger partial charge in [-0.15, -0.1) is 0 Å². The van der Waals surface area contributed by atoms with Crippen LogP contribution >= 0.6 is 0 Å². The van der Waals surface area contributed by atoms with Gasteiger partial charge >= 0.3 is 5.97 Å². The Hall–Kier alpha value is -0.610. The van der Waals surface area contributed by atoms with Crippen molar-refractivity contribution in [3.63, 3.8) is 0 Å². The number of ether oxygens (including phenoxy) is 1. The van der Waals surface area contributed by atoms with Crippen LogP contribution in [-0.2, 0) is 9.53 Å². The summed E-state index contributed by atoms with van der Waals surface area (Å²) in [7, 11) is 0. The van der Waals surface area contributed by atoms with Gasteiger partial charge in [-0.05, 0) is 38.4 Å². The molecular formula is C10H18N2O2. The lowest BCUT2D eigenvalue weighted by atomic mass is 9.81. The van der Waals surface area contributed by atoms with Crippen LogP contribution in [0.4, 0.5) is 0 Å². The van der Waals surface area contributed by atoms with Crippen molar-refractivity contribution in [3.8, 4) is 0 Å². The highest BCUT2D eigenvalue weighted by atomic mass is 16.5. The summed E-state index contributed by atoms with van der Waals surface area (Å²) < 4.78 is 5.08. The molecule has 2 aliphatic heterocycles. The molecule has 0 spiro atoms. The van der Waals surface area contributed by atoms with E-state index in [0.29, 0.717) is 18.4 Å². The van der Waals surface area contributed by atoms with Crippen LogP contribution in [0.2, 0.25) is 0 Å². The molecule has 2 aliphatic rings. The van der Waals surface area contributed by atoms with Gasteiger partial charge in [0, 0.05) is 6.54 Å². The predicted octanol–water partition coefficient (Wildman–Crippen LogP) is -0.395. The first-order valence-electron chi connectivity index (χ1n) is 5.41. The third-order valence-corrected chi connectivity index (χ3v) is 3.27. The fourth-order valence-electron chi connectivity index (χ4n) is 2.53. The molecule has 0 aromatic carbocycles. The monoisotopic (exact) mass is 198 g/mol. The molecule has 14 heavy (non-hydrogen) atoms. The van der Waals surface area contributed by atoms with Crippen molar-refractivity contribution in [2.75, 3.05) is 32.8 Å². The molecule has 0 aromatic rings. The van der Waals surface area contributed by atoms with Gasteiger partial charge in [-0.2, -0.15) is 0 Å². The molecule has 0 radical (unpaired) electrons. The minimum Gasteiger partial charge on any atom is -0.466 e. The van der Waals surface area contributed by atoms with E-state index in [2.05, 4.69) is 10.6 Å². The van der Waals surface area contributed by atoms with Crippen molar-refractivity contribution in [3.05, 3.63) is 0 Å². The molecule has 0 aromatic heterocycles. The standard InChI is InChI=1S/C10H18N2O2/c1-2-14-10(13)9-6-12-4-7-3-11-5-8(7)9/h7-9,11-12H,2-6H2,1H3. The molecule has 80 valence electrons. The van der Waals surface area contributed by atoms with Crippen molar-refractivity contribution in [2.24, 2.45) is 17.8 Å². The van der Waals surface area contributed by atoms with Gasteiger partial charge in [-0.3, -0.25) is 4.79 Å². The third-order valence-electron chi connectivity index (χ3n) is 3.27. The van der Waals surface area contributed by atoms with E-state index in [1.807, 2.05) is 6.92 Å². The van der Waals surface area contributed by atoms with Gasteiger partial charge in [0.1, 0.15) is 0 Å². The van der Waals surface area contributed by atoms with Gasteiger partial charge < -0.3 is 15.4 Å². The molecule has 2 rings (SSSR count). The molecule has 2 N–H and O–H groups in total. The minimum absolute atomic E-state index is 0.0293. The van der Waals surface area contributed by atoms with E-state index in [-0.39, 0.29) is 11.9 Å². The number of esters is 1. The second-order valence-corrected chi connectivity index (χ2v) is 4.10. The van der Waals surface area contributed by atoms with Gasteiger partial charge in [0.15, 0.2) is 0 Å². The van der Waals surface area contributed by atoms with E-state index in [4.69, 9.17) is 4.74 Å². The lowest BCUT2D eigenvalue weighted by molar-refractivity contribution is -0.150. The topological polar surface area (TPSA) is 50.4 Å². The number of hydrogen-bond acceptors (Lipinski definition) is 4. The molecular weight excluding hydrogens is 180 g/mol. The van der Waals surface area contributed by atoms with Crippen molar-refractivity contribution in [1.82, 2.24) is 10.6 Å². The normalized spacial score (nSPS) is 36.5. The Morgan fingerprint density at radius 3 is 2.71 bits per heavy atom. The lowest BCUT2D eigenvalue weighted by Gasteiger charge is -2.31. The third kappa shape index (κ3) is 1.77. The van der Waals surface area contributed by atoms with Gasteiger partial charge in [0.2, 0.25) is 0 Å². The zero-order valence-electron chi connectivity index (χ0n) is 8.58. The second kappa shape index (κ2) is 4.28. The number of nitrogens with one attached hydrogen (secondary N) is 2. The van der Waals surface area contributed by atoms with Gasteiger partial charge in [-0.1, -0.05) is 0 Å². The van der Waals surface area contributed by atoms with Crippen molar-refractivity contribution in [1.29, 1.82) is 0 Å². The summed E-state index contributed by atoms with van der Waals surface area (Å²) in [5.41, 5.74) is 0. The van der Waals surface area contributed by atoms with E-state index < -0.39 is 0 Å². The number of piperidine rings is 1. The molecule has 4 heteroatoms. The maximum atomic E-state index is 11.7. The SMILES string of the molecule is CCOC(=O)C1CNCC2CNCC21. The zero-order chi connectivity index (χ0) is 9.97. The second-order valence-electron chi connectivity index (χ2n) is 4.10. The Kier molecular flexibility index (Phi) is 3.03. The highest BCUT2D eigenvalue weighted by molar-refractivity contribution is 5.73. The molecule has 0 bridgehead atoms. The number of rotatable bonds is 2. The highest BCUT2D eigenvalue weighted by Crippen LogP contribution is 2.28. The number of carbonyl (C=O) groups is 1. The molecule has 0 aliphatic carbocycles. The van der Waals surface area contributed by atoms with Crippen LogP contribution < -0.4 is 10.6 Å². The van der Waals surface area contributed by atoms with E-state index in [0.717, 1.165) is 26.2 Å².